The highest BCUT2D eigenvalue weighted by Gasteiger charge is 2.15. The lowest BCUT2D eigenvalue weighted by Gasteiger charge is -2.21. The Kier molecular flexibility index (Phi) is 9.18. The van der Waals surface area contributed by atoms with Crippen LogP contribution in [0.3, 0.4) is 0 Å². The minimum Gasteiger partial charge on any atom is -0.465 e. The molecule has 0 bridgehead atoms. The molecule has 0 fully saturated rings. The van der Waals surface area contributed by atoms with Crippen molar-refractivity contribution in [2.24, 2.45) is 5.73 Å². The summed E-state index contributed by atoms with van der Waals surface area (Å²) in [6.07, 6.45) is 0.621. The van der Waals surface area contributed by atoms with Crippen molar-refractivity contribution in [2.75, 3.05) is 40.0 Å². The predicted molar refractivity (Wildman–Crippen MR) is 63.2 cm³/mol. The Labute approximate surface area is 97.9 Å². The van der Waals surface area contributed by atoms with E-state index in [4.69, 9.17) is 15.2 Å². The predicted octanol–water partition coefficient (Wildman–Crippen LogP) is 0.235. The van der Waals surface area contributed by atoms with Crippen LogP contribution >= 0.6 is 0 Å². The number of carbonyl (C=O) groups is 1. The maximum Gasteiger partial charge on any atom is 0.322 e. The Hall–Kier alpha value is -0.650. The van der Waals surface area contributed by atoms with Crippen molar-refractivity contribution < 1.29 is 14.3 Å². The van der Waals surface area contributed by atoms with E-state index in [1.807, 2.05) is 0 Å². The Morgan fingerprint density at radius 1 is 1.38 bits per heavy atom. The molecule has 0 amide bonds. The third-order valence-electron chi connectivity index (χ3n) is 2.40. The quantitative estimate of drug-likeness (QED) is 0.577. The zero-order valence-electron chi connectivity index (χ0n) is 10.6. The third-order valence-corrected chi connectivity index (χ3v) is 2.40. The standard InChI is InChI=1S/C11H24N2O3/c1-4-13(8-9-15-3)7-6-10(12)11(14)16-5-2/h10H,4-9,12H2,1-3H3. The number of nitrogens with two attached hydrogens (primary N) is 1. The van der Waals surface area contributed by atoms with Crippen molar-refractivity contribution in [3.63, 3.8) is 0 Å². The first kappa shape index (κ1) is 15.3. The summed E-state index contributed by atoms with van der Waals surface area (Å²) in [5, 5.41) is 0. The van der Waals surface area contributed by atoms with Crippen molar-refractivity contribution in [3.05, 3.63) is 0 Å². The molecule has 0 aromatic carbocycles. The number of methoxy groups -OCH3 is 1. The van der Waals surface area contributed by atoms with E-state index in [1.165, 1.54) is 0 Å². The smallest absolute Gasteiger partial charge is 0.322 e. The molecule has 16 heavy (non-hydrogen) atoms. The monoisotopic (exact) mass is 232 g/mol. The normalized spacial score (nSPS) is 12.8. The van der Waals surface area contributed by atoms with Gasteiger partial charge in [0.05, 0.1) is 13.2 Å². The maximum atomic E-state index is 11.3. The number of rotatable bonds is 9. The molecule has 5 nitrogen and oxygen atoms in total. The molecule has 1 atom stereocenters. The Bertz CT molecular complexity index is 188. The molecule has 0 saturated carbocycles. The fraction of sp³-hybridized carbons (Fsp3) is 0.909. The molecule has 0 spiro atoms. The number of hydrogen-bond acceptors (Lipinski definition) is 5. The first-order valence-electron chi connectivity index (χ1n) is 5.79. The van der Waals surface area contributed by atoms with E-state index in [2.05, 4.69) is 11.8 Å². The molecule has 0 heterocycles. The van der Waals surface area contributed by atoms with Crippen molar-refractivity contribution in [3.8, 4) is 0 Å². The van der Waals surface area contributed by atoms with Crippen LogP contribution in [-0.2, 0) is 14.3 Å². The summed E-state index contributed by atoms with van der Waals surface area (Å²) < 4.78 is 9.85. The average molecular weight is 232 g/mol. The molecule has 0 radical (unpaired) electrons. The fourth-order valence-electron chi connectivity index (χ4n) is 1.34. The summed E-state index contributed by atoms with van der Waals surface area (Å²) in [5.41, 5.74) is 5.70. The van der Waals surface area contributed by atoms with Gasteiger partial charge in [0.15, 0.2) is 0 Å². The summed E-state index contributed by atoms with van der Waals surface area (Å²) in [7, 11) is 1.68. The van der Waals surface area contributed by atoms with Crippen molar-refractivity contribution in [2.45, 2.75) is 26.3 Å². The molecule has 0 aromatic heterocycles. The lowest BCUT2D eigenvalue weighted by molar-refractivity contribution is -0.144. The lowest BCUT2D eigenvalue weighted by atomic mass is 10.2. The van der Waals surface area contributed by atoms with Crippen LogP contribution < -0.4 is 5.73 Å². The SMILES string of the molecule is CCOC(=O)C(N)CCN(CC)CCOC. The number of nitrogens with zero attached hydrogens (tertiary/aromatic N) is 1. The highest BCUT2D eigenvalue weighted by atomic mass is 16.5. The van der Waals surface area contributed by atoms with Crippen LogP contribution in [0.15, 0.2) is 0 Å². The van der Waals surface area contributed by atoms with Gasteiger partial charge in [-0.3, -0.25) is 4.79 Å². The van der Waals surface area contributed by atoms with Gasteiger partial charge in [0.25, 0.3) is 0 Å². The lowest BCUT2D eigenvalue weighted by Crippen LogP contribution is -2.37. The van der Waals surface area contributed by atoms with Crippen molar-refractivity contribution in [1.29, 1.82) is 0 Å². The number of likely N-dealkylation sites (N-methyl/N-ethyl adjacent to an activating group) is 1. The highest BCUT2D eigenvalue weighted by molar-refractivity contribution is 5.75. The Balaban J connectivity index is 3.77. The van der Waals surface area contributed by atoms with Crippen molar-refractivity contribution >= 4 is 5.97 Å². The first-order valence-corrected chi connectivity index (χ1v) is 5.79. The van der Waals surface area contributed by atoms with E-state index < -0.39 is 6.04 Å². The Morgan fingerprint density at radius 3 is 2.56 bits per heavy atom. The summed E-state index contributed by atoms with van der Waals surface area (Å²) in [5.74, 6) is -0.315. The zero-order valence-corrected chi connectivity index (χ0v) is 10.6. The zero-order chi connectivity index (χ0) is 12.4. The molecule has 0 rings (SSSR count). The van der Waals surface area contributed by atoms with Crippen LogP contribution in [0.5, 0.6) is 0 Å². The molecule has 96 valence electrons. The molecule has 0 aliphatic carbocycles. The van der Waals surface area contributed by atoms with Gasteiger partial charge in [-0.25, -0.2) is 0 Å². The molecule has 0 aliphatic rings. The molecule has 5 heteroatoms. The van der Waals surface area contributed by atoms with Crippen LogP contribution in [0.1, 0.15) is 20.3 Å². The third kappa shape index (κ3) is 6.76. The van der Waals surface area contributed by atoms with Gasteiger partial charge in [-0.15, -0.1) is 0 Å². The van der Waals surface area contributed by atoms with Gasteiger partial charge in [-0.1, -0.05) is 6.92 Å². The van der Waals surface area contributed by atoms with Gasteiger partial charge in [0.1, 0.15) is 6.04 Å². The number of esters is 1. The summed E-state index contributed by atoms with van der Waals surface area (Å²) >= 11 is 0. The van der Waals surface area contributed by atoms with Gasteiger partial charge in [0.2, 0.25) is 0 Å². The minimum absolute atomic E-state index is 0.315. The molecule has 0 aliphatic heterocycles. The van der Waals surface area contributed by atoms with Gasteiger partial charge < -0.3 is 20.1 Å². The maximum absolute atomic E-state index is 11.3. The fourth-order valence-corrected chi connectivity index (χ4v) is 1.34. The molecular formula is C11H24N2O3. The van der Waals surface area contributed by atoms with Crippen LogP contribution in [0, 0.1) is 0 Å². The van der Waals surface area contributed by atoms with Gasteiger partial charge in [-0.05, 0) is 19.9 Å². The first-order chi connectivity index (χ1) is 7.65. The Morgan fingerprint density at radius 2 is 2.06 bits per heavy atom. The number of carbonyl (C=O) groups excluding carboxylic acids is 1. The summed E-state index contributed by atoms with van der Waals surface area (Å²) in [6, 6.07) is -0.517. The summed E-state index contributed by atoms with van der Waals surface area (Å²) in [4.78, 5) is 13.5. The molecule has 0 aromatic rings. The van der Waals surface area contributed by atoms with Crippen LogP contribution in [0.2, 0.25) is 0 Å². The second-order valence-corrected chi connectivity index (χ2v) is 3.57. The number of hydrogen-bond donors (Lipinski definition) is 1. The molecule has 1 unspecified atom stereocenters. The van der Waals surface area contributed by atoms with Gasteiger partial charge in [-0.2, -0.15) is 0 Å². The second kappa shape index (κ2) is 9.57. The summed E-state index contributed by atoms with van der Waals surface area (Å²) in [6.45, 7) is 7.52. The molecule has 0 saturated heterocycles. The van der Waals surface area contributed by atoms with Gasteiger partial charge >= 0.3 is 5.97 Å². The topological polar surface area (TPSA) is 64.8 Å². The van der Waals surface area contributed by atoms with Crippen LogP contribution in [0.4, 0.5) is 0 Å². The van der Waals surface area contributed by atoms with Gasteiger partial charge in [0, 0.05) is 20.2 Å². The van der Waals surface area contributed by atoms with Crippen molar-refractivity contribution in [1.82, 2.24) is 4.90 Å². The van der Waals surface area contributed by atoms with E-state index in [0.717, 1.165) is 19.6 Å². The average Bonchev–Trinajstić information content (AvgIpc) is 2.29. The molecular weight excluding hydrogens is 208 g/mol. The van der Waals surface area contributed by atoms with E-state index in [9.17, 15) is 4.79 Å². The number of ether oxygens (including phenoxy) is 2. The van der Waals surface area contributed by atoms with Crippen LogP contribution in [0.25, 0.3) is 0 Å². The minimum atomic E-state index is -0.517. The van der Waals surface area contributed by atoms with E-state index in [0.29, 0.717) is 19.6 Å². The molecule has 2 N–H and O–H groups in total. The highest BCUT2D eigenvalue weighted by Crippen LogP contribution is 1.97. The second-order valence-electron chi connectivity index (χ2n) is 3.57. The largest absolute Gasteiger partial charge is 0.465 e. The van der Waals surface area contributed by atoms with E-state index in [-0.39, 0.29) is 5.97 Å². The van der Waals surface area contributed by atoms with Crippen LogP contribution in [-0.4, -0.2) is 56.9 Å². The van der Waals surface area contributed by atoms with E-state index >= 15 is 0 Å². The van der Waals surface area contributed by atoms with E-state index in [1.54, 1.807) is 14.0 Å².